The minimum Gasteiger partial charge on any atom is -0.492 e. The van der Waals surface area contributed by atoms with Gasteiger partial charge in [-0.3, -0.25) is 4.79 Å². The molecule has 2 heterocycles. The van der Waals surface area contributed by atoms with Crippen LogP contribution in [0.3, 0.4) is 0 Å². The average Bonchev–Trinajstić information content (AvgIpc) is 3.19. The molecule has 2 aliphatic rings. The van der Waals surface area contributed by atoms with Crippen LogP contribution in [0.2, 0.25) is 0 Å². The van der Waals surface area contributed by atoms with Gasteiger partial charge in [0.2, 0.25) is 18.3 Å². The van der Waals surface area contributed by atoms with Gasteiger partial charge in [-0.1, -0.05) is 36.4 Å². The number of halogens is 1. The van der Waals surface area contributed by atoms with Crippen molar-refractivity contribution in [3.8, 4) is 17.2 Å². The molecule has 5 nitrogen and oxygen atoms in total. The van der Waals surface area contributed by atoms with E-state index in [2.05, 4.69) is 15.9 Å². The number of likely N-dealkylation sites (N-methyl/N-ethyl adjacent to an activating group) is 1. The number of nitrogens with zero attached hydrogens (tertiary/aromatic N) is 1. The van der Waals surface area contributed by atoms with Gasteiger partial charge >= 0.3 is 0 Å². The number of rotatable bonds is 3. The Morgan fingerprint density at radius 3 is 2.67 bits per heavy atom. The third-order valence-corrected chi connectivity index (χ3v) is 6.53. The first-order valence-corrected chi connectivity index (χ1v) is 10.5. The predicted molar refractivity (Wildman–Crippen MR) is 119 cm³/mol. The number of benzene rings is 3. The molecule has 0 radical (unpaired) electrons. The van der Waals surface area contributed by atoms with E-state index in [-0.39, 0.29) is 12.6 Å². The topological polar surface area (TPSA) is 48.0 Å². The molecular weight excluding hydrogens is 446 g/mol. The first kappa shape index (κ1) is 19.0. The van der Waals surface area contributed by atoms with Gasteiger partial charge in [-0.05, 0) is 50.8 Å². The van der Waals surface area contributed by atoms with Gasteiger partial charge in [0.15, 0.2) is 11.5 Å². The van der Waals surface area contributed by atoms with E-state index in [1.165, 1.54) is 0 Å². The third-order valence-electron chi connectivity index (χ3n) is 5.69. The van der Waals surface area contributed by atoms with Crippen LogP contribution < -0.4 is 14.2 Å². The number of methoxy groups -OCH3 is 1. The van der Waals surface area contributed by atoms with Crippen molar-refractivity contribution in [2.45, 2.75) is 6.42 Å². The number of fused-ring (bicyclic) bond motifs is 3. The highest BCUT2D eigenvalue weighted by Gasteiger charge is 2.31. The van der Waals surface area contributed by atoms with Crippen LogP contribution in [0, 0.1) is 0 Å². The molecule has 0 fully saturated rings. The number of carbonyl (C=O) groups excluding carboxylic acids is 1. The van der Waals surface area contributed by atoms with Gasteiger partial charge in [0, 0.05) is 24.7 Å². The van der Waals surface area contributed by atoms with Gasteiger partial charge < -0.3 is 19.1 Å². The SMILES string of the molecule is COc1c2c(c(Br)c3c1OCO3)CCN(C)C(C(=O)c1ccc3ccccc3c1)=C2. The maximum Gasteiger partial charge on any atom is 0.231 e. The molecule has 0 aliphatic carbocycles. The Morgan fingerprint density at radius 1 is 1.10 bits per heavy atom. The van der Waals surface area contributed by atoms with Gasteiger partial charge in [0.25, 0.3) is 0 Å². The minimum atomic E-state index is -0.0213. The summed E-state index contributed by atoms with van der Waals surface area (Å²) in [6.07, 6.45) is 2.65. The lowest BCUT2D eigenvalue weighted by Crippen LogP contribution is -2.24. The lowest BCUT2D eigenvalue weighted by Gasteiger charge is -2.20. The summed E-state index contributed by atoms with van der Waals surface area (Å²) >= 11 is 3.67. The Morgan fingerprint density at radius 2 is 1.87 bits per heavy atom. The van der Waals surface area contributed by atoms with Crippen LogP contribution in [-0.4, -0.2) is 38.2 Å². The van der Waals surface area contributed by atoms with Gasteiger partial charge in [-0.2, -0.15) is 0 Å². The molecule has 3 aromatic rings. The zero-order valence-electron chi connectivity index (χ0n) is 16.7. The smallest absolute Gasteiger partial charge is 0.231 e. The van der Waals surface area contributed by atoms with Crippen LogP contribution in [0.25, 0.3) is 16.8 Å². The molecule has 0 bridgehead atoms. The molecular formula is C24H20BrNO4. The number of allylic oxidation sites excluding steroid dienone is 1. The molecule has 3 aromatic carbocycles. The fourth-order valence-corrected chi connectivity index (χ4v) is 4.80. The lowest BCUT2D eigenvalue weighted by atomic mass is 9.99. The lowest BCUT2D eigenvalue weighted by molar-refractivity contribution is 0.100. The Labute approximate surface area is 183 Å². The molecule has 5 rings (SSSR count). The summed E-state index contributed by atoms with van der Waals surface area (Å²) in [5.74, 6) is 1.80. The molecule has 0 saturated carbocycles. The fourth-order valence-electron chi connectivity index (χ4n) is 4.09. The number of hydrogen-bond donors (Lipinski definition) is 0. The Balaban J connectivity index is 1.66. The number of ether oxygens (including phenoxy) is 3. The Hall–Kier alpha value is -2.99. The normalized spacial score (nSPS) is 14.9. The van der Waals surface area contributed by atoms with Crippen molar-refractivity contribution in [2.24, 2.45) is 0 Å². The highest BCUT2D eigenvalue weighted by atomic mass is 79.9. The van der Waals surface area contributed by atoms with E-state index >= 15 is 0 Å². The highest BCUT2D eigenvalue weighted by molar-refractivity contribution is 9.10. The van der Waals surface area contributed by atoms with Crippen LogP contribution >= 0.6 is 15.9 Å². The minimum absolute atomic E-state index is 0.0213. The summed E-state index contributed by atoms with van der Waals surface area (Å²) in [6.45, 7) is 0.846. The van der Waals surface area contributed by atoms with Crippen molar-refractivity contribution in [2.75, 3.05) is 27.5 Å². The molecule has 6 heteroatoms. The second-order valence-electron chi connectivity index (χ2n) is 7.40. The molecule has 0 amide bonds. The summed E-state index contributed by atoms with van der Waals surface area (Å²) in [6, 6.07) is 13.9. The highest BCUT2D eigenvalue weighted by Crippen LogP contribution is 2.51. The summed E-state index contributed by atoms with van der Waals surface area (Å²) < 4.78 is 17.8. The van der Waals surface area contributed by atoms with E-state index in [4.69, 9.17) is 14.2 Å². The molecule has 0 N–H and O–H groups in total. The van der Waals surface area contributed by atoms with Crippen LogP contribution in [0.15, 0.2) is 52.6 Å². The maximum absolute atomic E-state index is 13.5. The zero-order valence-corrected chi connectivity index (χ0v) is 18.3. The van der Waals surface area contributed by atoms with Crippen molar-refractivity contribution >= 4 is 38.6 Å². The van der Waals surface area contributed by atoms with E-state index in [9.17, 15) is 4.79 Å². The summed E-state index contributed by atoms with van der Waals surface area (Å²) in [5.41, 5.74) is 3.17. The van der Waals surface area contributed by atoms with Crippen molar-refractivity contribution in [3.05, 3.63) is 69.3 Å². The zero-order chi connectivity index (χ0) is 20.8. The molecule has 2 aliphatic heterocycles. The molecule has 0 unspecified atom stereocenters. The van der Waals surface area contributed by atoms with E-state index in [0.29, 0.717) is 35.1 Å². The molecule has 0 spiro atoms. The first-order chi connectivity index (χ1) is 14.6. The second-order valence-corrected chi connectivity index (χ2v) is 8.19. The largest absolute Gasteiger partial charge is 0.492 e. The summed E-state index contributed by atoms with van der Waals surface area (Å²) in [5, 5.41) is 2.16. The van der Waals surface area contributed by atoms with E-state index in [0.717, 1.165) is 32.8 Å². The van der Waals surface area contributed by atoms with Gasteiger partial charge in [-0.25, -0.2) is 0 Å². The van der Waals surface area contributed by atoms with Crippen molar-refractivity contribution in [3.63, 3.8) is 0 Å². The van der Waals surface area contributed by atoms with Crippen molar-refractivity contribution < 1.29 is 19.0 Å². The monoisotopic (exact) mass is 465 g/mol. The van der Waals surface area contributed by atoms with Crippen LogP contribution in [0.4, 0.5) is 0 Å². The van der Waals surface area contributed by atoms with Gasteiger partial charge in [0.05, 0.1) is 17.3 Å². The Kier molecular flexibility index (Phi) is 4.66. The average molecular weight is 466 g/mol. The van der Waals surface area contributed by atoms with Crippen LogP contribution in [0.1, 0.15) is 21.5 Å². The predicted octanol–water partition coefficient (Wildman–Crippen LogP) is 5.05. The van der Waals surface area contributed by atoms with E-state index in [1.54, 1.807) is 7.11 Å². The Bertz CT molecular complexity index is 1220. The van der Waals surface area contributed by atoms with Gasteiger partial charge in [-0.15, -0.1) is 0 Å². The fraction of sp³-hybridized carbons (Fsp3) is 0.208. The van der Waals surface area contributed by atoms with Crippen LogP contribution in [-0.2, 0) is 6.42 Å². The number of carbonyl (C=O) groups is 1. The molecule has 0 aromatic heterocycles. The third kappa shape index (κ3) is 2.94. The van der Waals surface area contributed by atoms with Gasteiger partial charge in [0.1, 0.15) is 0 Å². The van der Waals surface area contributed by atoms with Crippen LogP contribution in [0.5, 0.6) is 17.2 Å². The van der Waals surface area contributed by atoms with E-state index < -0.39 is 0 Å². The molecule has 0 atom stereocenters. The van der Waals surface area contributed by atoms with Crippen molar-refractivity contribution in [1.29, 1.82) is 0 Å². The standard InChI is InChI=1S/C24H20BrNO4/c1-26-10-9-17-18(22(28-2)24-23(20(17)25)29-13-30-24)12-19(26)21(27)16-8-7-14-5-3-4-6-15(14)11-16/h3-8,11-12H,9-10,13H2,1-2H3. The maximum atomic E-state index is 13.5. The van der Waals surface area contributed by atoms with Crippen molar-refractivity contribution in [1.82, 2.24) is 4.90 Å². The molecule has 30 heavy (non-hydrogen) atoms. The number of Topliss-reactive ketones (excluding diaryl/α,β-unsaturated/α-hetero) is 1. The number of hydrogen-bond acceptors (Lipinski definition) is 5. The summed E-state index contributed by atoms with van der Waals surface area (Å²) in [4.78, 5) is 15.5. The summed E-state index contributed by atoms with van der Waals surface area (Å²) in [7, 11) is 3.55. The van der Waals surface area contributed by atoms with E-state index in [1.807, 2.05) is 60.5 Å². The molecule has 0 saturated heterocycles. The first-order valence-electron chi connectivity index (χ1n) is 9.72. The quantitative estimate of drug-likeness (QED) is 0.506. The number of ketones is 1. The molecule has 152 valence electrons. The second kappa shape index (κ2) is 7.36.